The molecule has 5 nitrogen and oxygen atoms in total. The second-order valence-corrected chi connectivity index (χ2v) is 11.1. The number of ether oxygens (including phenoxy) is 1. The van der Waals surface area contributed by atoms with Gasteiger partial charge in [-0.15, -0.1) is 0 Å². The Bertz CT molecular complexity index is 1420. The van der Waals surface area contributed by atoms with Gasteiger partial charge in [-0.2, -0.15) is 0 Å². The van der Waals surface area contributed by atoms with Crippen molar-refractivity contribution in [2.45, 2.75) is 50.2 Å². The molecule has 5 rings (SSSR count). The van der Waals surface area contributed by atoms with Crippen molar-refractivity contribution in [1.82, 2.24) is 5.32 Å². The molecule has 0 aliphatic carbocycles. The highest BCUT2D eigenvalue weighted by atomic mass is 35.5. The van der Waals surface area contributed by atoms with Crippen molar-refractivity contribution < 1.29 is 19.0 Å². The van der Waals surface area contributed by atoms with Crippen LogP contribution in [0.1, 0.15) is 54.5 Å². The Hall–Kier alpha value is -2.93. The fourth-order valence-corrected chi connectivity index (χ4v) is 5.96. The molecule has 2 heterocycles. The average molecular weight is 541 g/mol. The number of hydrogen-bond donors (Lipinski definition) is 2. The van der Waals surface area contributed by atoms with Crippen LogP contribution in [-0.2, 0) is 10.2 Å². The molecule has 3 aromatic carbocycles. The molecule has 2 aliphatic heterocycles. The van der Waals surface area contributed by atoms with E-state index in [9.17, 15) is 14.3 Å². The number of halogens is 3. The lowest BCUT2D eigenvalue weighted by Gasteiger charge is -2.48. The van der Waals surface area contributed by atoms with E-state index in [1.54, 1.807) is 24.3 Å². The summed E-state index contributed by atoms with van der Waals surface area (Å²) in [7, 11) is 0. The topological polar surface area (TPSA) is 70.9 Å². The zero-order chi connectivity index (χ0) is 26.5. The molecule has 8 heteroatoms. The van der Waals surface area contributed by atoms with Gasteiger partial charge in [-0.3, -0.25) is 4.99 Å². The molecule has 2 aliphatic rings. The van der Waals surface area contributed by atoms with Gasteiger partial charge in [0.25, 0.3) is 0 Å². The summed E-state index contributed by atoms with van der Waals surface area (Å²) >= 11 is 12.8. The van der Waals surface area contributed by atoms with Crippen LogP contribution in [0, 0.1) is 12.7 Å². The number of carboxylic acids is 1. The van der Waals surface area contributed by atoms with Crippen molar-refractivity contribution in [2.75, 3.05) is 6.54 Å². The van der Waals surface area contributed by atoms with Crippen LogP contribution in [0.4, 0.5) is 10.1 Å². The van der Waals surface area contributed by atoms with Gasteiger partial charge in [-0.05, 0) is 92.9 Å². The molecule has 0 unspecified atom stereocenters. The summed E-state index contributed by atoms with van der Waals surface area (Å²) in [5, 5.41) is 14.4. The van der Waals surface area contributed by atoms with E-state index in [-0.39, 0.29) is 17.8 Å². The molecule has 192 valence electrons. The molecule has 0 saturated carbocycles. The first kappa shape index (κ1) is 25.7. The highest BCUT2D eigenvalue weighted by Gasteiger charge is 2.53. The second kappa shape index (κ2) is 9.43. The molecular weight excluding hydrogens is 514 g/mol. The quantitative estimate of drug-likeness (QED) is 0.360. The highest BCUT2D eigenvalue weighted by Crippen LogP contribution is 2.57. The van der Waals surface area contributed by atoms with E-state index in [0.717, 1.165) is 27.9 Å². The maximum absolute atomic E-state index is 14.6. The standard InChI is InChI=1S/C29H27Cl2FN2O3/c1-16-4-7-19(32)14-20(16)26-29(15-34-24-13-18(31)5-8-23(24)29)22(10-11-33-26)21-12-17(30)6-9-25(21)37-28(2,3)27(35)36/h4-9,12-15,22,26,33H,10-11H2,1-3H3,(H,35,36)/t22-,26-,29+/m0/s1. The monoisotopic (exact) mass is 540 g/mol. The van der Waals surface area contributed by atoms with E-state index >= 15 is 0 Å². The van der Waals surface area contributed by atoms with Crippen molar-refractivity contribution in [1.29, 1.82) is 0 Å². The zero-order valence-corrected chi connectivity index (χ0v) is 22.2. The molecule has 3 aromatic rings. The number of carbonyl (C=O) groups is 1. The maximum atomic E-state index is 14.6. The minimum absolute atomic E-state index is 0.217. The lowest BCUT2D eigenvalue weighted by Crippen LogP contribution is -2.51. The Morgan fingerprint density at radius 3 is 2.59 bits per heavy atom. The third-order valence-corrected chi connectivity index (χ3v) is 7.93. The summed E-state index contributed by atoms with van der Waals surface area (Å²) in [6, 6.07) is 15.4. The maximum Gasteiger partial charge on any atom is 0.347 e. The largest absolute Gasteiger partial charge is 0.478 e. The van der Waals surface area contributed by atoms with Gasteiger partial charge in [-0.1, -0.05) is 35.3 Å². The number of aliphatic carboxylic acids is 1. The van der Waals surface area contributed by atoms with Crippen LogP contribution in [0.3, 0.4) is 0 Å². The average Bonchev–Trinajstić information content (AvgIpc) is 3.20. The van der Waals surface area contributed by atoms with E-state index in [4.69, 9.17) is 32.9 Å². The number of fused-ring (bicyclic) bond motifs is 2. The number of carboxylic acid groups (broad SMARTS) is 1. The van der Waals surface area contributed by atoms with E-state index in [2.05, 4.69) is 5.32 Å². The molecule has 0 aromatic heterocycles. The Labute approximate surface area is 225 Å². The first-order valence-electron chi connectivity index (χ1n) is 12.1. The fraction of sp³-hybridized carbons (Fsp3) is 0.310. The number of nitrogens with zero attached hydrogens (tertiary/aromatic N) is 1. The van der Waals surface area contributed by atoms with Gasteiger partial charge in [0.1, 0.15) is 11.6 Å². The van der Waals surface area contributed by atoms with Gasteiger partial charge < -0.3 is 15.2 Å². The Balaban J connectivity index is 1.75. The number of benzene rings is 3. The molecule has 0 bridgehead atoms. The predicted molar refractivity (Wildman–Crippen MR) is 144 cm³/mol. The van der Waals surface area contributed by atoms with Crippen LogP contribution in [0.25, 0.3) is 0 Å². The van der Waals surface area contributed by atoms with Crippen LogP contribution in [-0.4, -0.2) is 29.4 Å². The molecule has 1 fully saturated rings. The molecule has 37 heavy (non-hydrogen) atoms. The van der Waals surface area contributed by atoms with Crippen molar-refractivity contribution in [2.24, 2.45) is 4.99 Å². The number of nitrogens with one attached hydrogen (secondary N) is 1. The third-order valence-electron chi connectivity index (χ3n) is 7.46. The number of hydrogen-bond acceptors (Lipinski definition) is 4. The molecule has 0 radical (unpaired) electrons. The molecule has 3 atom stereocenters. The highest BCUT2D eigenvalue weighted by molar-refractivity contribution is 6.31. The number of aliphatic imine (C=N–C) groups is 1. The van der Waals surface area contributed by atoms with E-state index in [0.29, 0.717) is 28.8 Å². The normalized spacial score (nSPS) is 22.8. The molecule has 0 amide bonds. The van der Waals surface area contributed by atoms with Crippen LogP contribution in [0.15, 0.2) is 59.6 Å². The van der Waals surface area contributed by atoms with Gasteiger partial charge in [-0.25, -0.2) is 9.18 Å². The summed E-state index contributed by atoms with van der Waals surface area (Å²) in [4.78, 5) is 16.7. The minimum Gasteiger partial charge on any atom is -0.478 e. The lowest BCUT2D eigenvalue weighted by atomic mass is 9.59. The van der Waals surface area contributed by atoms with Crippen LogP contribution >= 0.6 is 23.2 Å². The summed E-state index contributed by atoms with van der Waals surface area (Å²) in [6.45, 7) is 5.63. The Morgan fingerprint density at radius 1 is 1.11 bits per heavy atom. The predicted octanol–water partition coefficient (Wildman–Crippen LogP) is 7.16. The summed E-state index contributed by atoms with van der Waals surface area (Å²) in [5.41, 5.74) is 2.04. The number of aryl methyl sites for hydroxylation is 1. The Morgan fingerprint density at radius 2 is 1.84 bits per heavy atom. The van der Waals surface area contributed by atoms with Crippen molar-refractivity contribution in [3.8, 4) is 5.75 Å². The smallest absolute Gasteiger partial charge is 0.347 e. The minimum atomic E-state index is -1.46. The van der Waals surface area contributed by atoms with Gasteiger partial charge in [0, 0.05) is 33.8 Å². The fourth-order valence-electron chi connectivity index (χ4n) is 5.62. The van der Waals surface area contributed by atoms with E-state index in [1.165, 1.54) is 19.9 Å². The lowest BCUT2D eigenvalue weighted by molar-refractivity contribution is -0.152. The zero-order valence-electron chi connectivity index (χ0n) is 20.7. The van der Waals surface area contributed by atoms with Crippen molar-refractivity contribution >= 4 is 41.1 Å². The van der Waals surface area contributed by atoms with Crippen molar-refractivity contribution in [3.63, 3.8) is 0 Å². The Kier molecular flexibility index (Phi) is 6.55. The second-order valence-electron chi connectivity index (χ2n) is 10.2. The number of rotatable bonds is 5. The van der Waals surface area contributed by atoms with Gasteiger partial charge in [0.2, 0.25) is 0 Å². The summed E-state index contributed by atoms with van der Waals surface area (Å²) < 4.78 is 20.6. The van der Waals surface area contributed by atoms with E-state index in [1.807, 2.05) is 37.4 Å². The molecular formula is C29H27Cl2FN2O3. The number of piperidine rings is 1. The summed E-state index contributed by atoms with van der Waals surface area (Å²) in [5.74, 6) is -1.18. The SMILES string of the molecule is Cc1ccc(F)cc1[C@@H]1NCC[C@@H](c2cc(Cl)ccc2OC(C)(C)C(=O)O)[C@@]12C=Nc1cc(Cl)ccc12. The molecule has 2 N–H and O–H groups in total. The van der Waals surface area contributed by atoms with Gasteiger partial charge in [0.05, 0.1) is 11.1 Å². The third kappa shape index (κ3) is 4.41. The van der Waals surface area contributed by atoms with Crippen LogP contribution in [0.5, 0.6) is 5.75 Å². The molecule has 1 spiro atoms. The first-order chi connectivity index (χ1) is 17.5. The summed E-state index contributed by atoms with van der Waals surface area (Å²) in [6.07, 6.45) is 2.61. The molecule has 1 saturated heterocycles. The van der Waals surface area contributed by atoms with Crippen LogP contribution in [0.2, 0.25) is 10.0 Å². The van der Waals surface area contributed by atoms with Gasteiger partial charge >= 0.3 is 5.97 Å². The van der Waals surface area contributed by atoms with E-state index < -0.39 is 17.0 Å². The van der Waals surface area contributed by atoms with Crippen molar-refractivity contribution in [3.05, 3.63) is 92.7 Å². The first-order valence-corrected chi connectivity index (χ1v) is 12.8. The van der Waals surface area contributed by atoms with Crippen LogP contribution < -0.4 is 10.1 Å². The van der Waals surface area contributed by atoms with Gasteiger partial charge in [0.15, 0.2) is 5.60 Å².